The van der Waals surface area contributed by atoms with E-state index in [4.69, 9.17) is 0 Å². The van der Waals surface area contributed by atoms with Crippen molar-refractivity contribution in [3.8, 4) is 0 Å². The minimum Gasteiger partial charge on any atom is -0.0596 e. The number of rotatable bonds is 0. The van der Waals surface area contributed by atoms with Gasteiger partial charge in [0.2, 0.25) is 0 Å². The van der Waals surface area contributed by atoms with Gasteiger partial charge >= 0.3 is 0 Å². The van der Waals surface area contributed by atoms with Crippen molar-refractivity contribution >= 4 is 0 Å². The Labute approximate surface area is 157 Å². The van der Waals surface area contributed by atoms with Crippen LogP contribution in [0, 0.1) is 44.8 Å². The highest BCUT2D eigenvalue weighted by atomic mass is 14.7. The Kier molecular flexibility index (Phi) is 3.88. The zero-order valence-corrected chi connectivity index (χ0v) is 18.3. The van der Waals surface area contributed by atoms with E-state index in [-0.39, 0.29) is 0 Å². The molecule has 0 bridgehead atoms. The van der Waals surface area contributed by atoms with Crippen LogP contribution in [0.25, 0.3) is 0 Å². The van der Waals surface area contributed by atoms with E-state index in [0.29, 0.717) is 27.1 Å². The molecule has 0 unspecified atom stereocenters. The second kappa shape index (κ2) is 5.29. The lowest BCUT2D eigenvalue weighted by molar-refractivity contribution is -0.232. The highest BCUT2D eigenvalue weighted by Gasteiger charge is 2.67. The fourth-order valence-electron chi connectivity index (χ4n) is 9.83. The van der Waals surface area contributed by atoms with Crippen molar-refractivity contribution in [2.45, 2.75) is 113 Å². The van der Waals surface area contributed by atoms with Gasteiger partial charge in [-0.1, -0.05) is 61.3 Å². The van der Waals surface area contributed by atoms with Crippen molar-refractivity contribution in [1.29, 1.82) is 0 Å². The van der Waals surface area contributed by atoms with Gasteiger partial charge in [0, 0.05) is 0 Å². The van der Waals surface area contributed by atoms with Crippen LogP contribution in [-0.4, -0.2) is 0 Å². The van der Waals surface area contributed by atoms with E-state index in [9.17, 15) is 0 Å². The molecule has 4 saturated carbocycles. The monoisotopic (exact) mass is 344 g/mol. The van der Waals surface area contributed by atoms with Crippen molar-refractivity contribution < 1.29 is 0 Å². The first-order valence-electron chi connectivity index (χ1n) is 11.5. The van der Waals surface area contributed by atoms with Crippen LogP contribution in [0.2, 0.25) is 0 Å². The lowest BCUT2D eigenvalue weighted by atomic mass is 9.33. The van der Waals surface area contributed by atoms with E-state index in [2.05, 4.69) is 48.5 Å². The summed E-state index contributed by atoms with van der Waals surface area (Å²) in [6.07, 6.45) is 14.9. The molecule has 0 radical (unpaired) electrons. The normalized spacial score (nSPS) is 54.1. The van der Waals surface area contributed by atoms with Gasteiger partial charge in [-0.3, -0.25) is 0 Å². The maximum atomic E-state index is 2.76. The lowest BCUT2D eigenvalue weighted by Crippen LogP contribution is -2.64. The molecule has 6 atom stereocenters. The molecule has 0 nitrogen and oxygen atoms in total. The fraction of sp³-hybridized carbons (Fsp3) is 1.00. The molecule has 0 aromatic carbocycles. The Balaban J connectivity index is 1.76. The van der Waals surface area contributed by atoms with E-state index in [1.165, 1.54) is 64.2 Å². The third-order valence-electron chi connectivity index (χ3n) is 11.1. The Hall–Kier alpha value is 0. The largest absolute Gasteiger partial charge is 0.0596 e. The van der Waals surface area contributed by atoms with Gasteiger partial charge in [-0.2, -0.15) is 0 Å². The Morgan fingerprint density at radius 3 is 1.68 bits per heavy atom. The molecule has 0 amide bonds. The first kappa shape index (κ1) is 18.4. The average Bonchev–Trinajstić information content (AvgIpc) is 2.47. The first-order valence-corrected chi connectivity index (χ1v) is 11.5. The summed E-state index contributed by atoms with van der Waals surface area (Å²) in [5.74, 6) is 2.88. The molecule has 0 aromatic heterocycles. The summed E-state index contributed by atoms with van der Waals surface area (Å²) in [5, 5.41) is 0. The second-order valence-corrected chi connectivity index (χ2v) is 12.8. The summed E-state index contributed by atoms with van der Waals surface area (Å²) in [7, 11) is 0. The number of hydrogen-bond acceptors (Lipinski definition) is 0. The summed E-state index contributed by atoms with van der Waals surface area (Å²) >= 11 is 0. The van der Waals surface area contributed by atoms with Crippen LogP contribution in [0.1, 0.15) is 113 Å². The SMILES string of the molecule is CC1(C)CCC[C@@]2(C)[C@@H]1CC[C@]1(C)[C@H]2CC[C@H]2C(C)(C)CCC[C@]21C. The Bertz CT molecular complexity index is 542. The first-order chi connectivity index (χ1) is 11.5. The highest BCUT2D eigenvalue weighted by Crippen LogP contribution is 2.75. The zero-order chi connectivity index (χ0) is 18.3. The van der Waals surface area contributed by atoms with Crippen molar-refractivity contribution in [1.82, 2.24) is 0 Å². The predicted octanol–water partition coefficient (Wildman–Crippen LogP) is 7.86. The predicted molar refractivity (Wildman–Crippen MR) is 109 cm³/mol. The molecule has 0 heteroatoms. The van der Waals surface area contributed by atoms with E-state index >= 15 is 0 Å². The van der Waals surface area contributed by atoms with E-state index in [1.54, 1.807) is 0 Å². The third-order valence-corrected chi connectivity index (χ3v) is 11.1. The lowest BCUT2D eigenvalue weighted by Gasteiger charge is -2.72. The minimum atomic E-state index is 0.560. The molecule has 4 rings (SSSR count). The van der Waals surface area contributed by atoms with Gasteiger partial charge < -0.3 is 0 Å². The third kappa shape index (κ3) is 2.24. The number of fused-ring (bicyclic) bond motifs is 5. The summed E-state index contributed by atoms with van der Waals surface area (Å²) in [4.78, 5) is 0. The van der Waals surface area contributed by atoms with Crippen LogP contribution in [0.3, 0.4) is 0 Å². The van der Waals surface area contributed by atoms with E-state index in [1.807, 2.05) is 0 Å². The molecule has 0 aromatic rings. The number of hydrogen-bond donors (Lipinski definition) is 0. The maximum Gasteiger partial charge on any atom is -0.0235 e. The summed E-state index contributed by atoms with van der Waals surface area (Å²) < 4.78 is 0. The van der Waals surface area contributed by atoms with Crippen LogP contribution < -0.4 is 0 Å². The molecular formula is C25H44. The van der Waals surface area contributed by atoms with Gasteiger partial charge in [-0.05, 0) is 96.2 Å². The smallest absolute Gasteiger partial charge is 0.0235 e. The van der Waals surface area contributed by atoms with Gasteiger partial charge in [0.25, 0.3) is 0 Å². The summed E-state index contributed by atoms with van der Waals surface area (Å²) in [6, 6.07) is 0. The van der Waals surface area contributed by atoms with Crippen LogP contribution in [0.4, 0.5) is 0 Å². The molecule has 25 heavy (non-hydrogen) atoms. The average molecular weight is 345 g/mol. The molecule has 4 aliphatic rings. The van der Waals surface area contributed by atoms with Crippen molar-refractivity contribution in [2.75, 3.05) is 0 Å². The summed E-state index contributed by atoms with van der Waals surface area (Å²) in [6.45, 7) is 18.6. The van der Waals surface area contributed by atoms with Crippen molar-refractivity contribution in [3.05, 3.63) is 0 Å². The molecule has 0 saturated heterocycles. The van der Waals surface area contributed by atoms with Crippen molar-refractivity contribution in [3.63, 3.8) is 0 Å². The van der Waals surface area contributed by atoms with Gasteiger partial charge in [0.05, 0.1) is 0 Å². The molecule has 4 aliphatic carbocycles. The minimum absolute atomic E-state index is 0.560. The standard InChI is InChI=1S/C25H44/c1-21(2)13-8-15-23(5)18(21)12-17-25(7)20(23)11-10-19-22(3,4)14-9-16-24(19,25)6/h18-20H,8-17H2,1-7H3/t18-,19+,20+,23+,24-,25-/m1/s1. The van der Waals surface area contributed by atoms with Gasteiger partial charge in [0.15, 0.2) is 0 Å². The van der Waals surface area contributed by atoms with Crippen LogP contribution in [-0.2, 0) is 0 Å². The molecular weight excluding hydrogens is 300 g/mol. The maximum absolute atomic E-state index is 2.76. The van der Waals surface area contributed by atoms with Gasteiger partial charge in [-0.25, -0.2) is 0 Å². The van der Waals surface area contributed by atoms with Crippen LogP contribution in [0.15, 0.2) is 0 Å². The van der Waals surface area contributed by atoms with E-state index in [0.717, 1.165) is 17.8 Å². The molecule has 0 N–H and O–H groups in total. The quantitative estimate of drug-likeness (QED) is 0.419. The molecule has 144 valence electrons. The molecule has 0 aliphatic heterocycles. The van der Waals surface area contributed by atoms with Gasteiger partial charge in [-0.15, -0.1) is 0 Å². The molecule has 0 heterocycles. The van der Waals surface area contributed by atoms with E-state index < -0.39 is 0 Å². The Morgan fingerprint density at radius 2 is 1.00 bits per heavy atom. The Morgan fingerprint density at radius 1 is 0.480 bits per heavy atom. The summed E-state index contributed by atoms with van der Waals surface area (Å²) in [5.41, 5.74) is 2.88. The van der Waals surface area contributed by atoms with Crippen LogP contribution in [0.5, 0.6) is 0 Å². The fourth-order valence-corrected chi connectivity index (χ4v) is 9.83. The van der Waals surface area contributed by atoms with Crippen LogP contribution >= 0.6 is 0 Å². The molecule has 4 fully saturated rings. The zero-order valence-electron chi connectivity index (χ0n) is 18.3. The van der Waals surface area contributed by atoms with Crippen molar-refractivity contribution in [2.24, 2.45) is 44.8 Å². The molecule has 0 spiro atoms. The van der Waals surface area contributed by atoms with Gasteiger partial charge in [0.1, 0.15) is 0 Å². The topological polar surface area (TPSA) is 0 Å². The highest BCUT2D eigenvalue weighted by molar-refractivity contribution is 5.16. The second-order valence-electron chi connectivity index (χ2n) is 12.8.